The highest BCUT2D eigenvalue weighted by Crippen LogP contribution is 2.10. The minimum atomic E-state index is -0.665. The van der Waals surface area contributed by atoms with Crippen molar-refractivity contribution in [3.8, 4) is 6.07 Å². The van der Waals surface area contributed by atoms with E-state index in [4.69, 9.17) is 11.0 Å². The summed E-state index contributed by atoms with van der Waals surface area (Å²) in [5.41, 5.74) is 6.76. The summed E-state index contributed by atoms with van der Waals surface area (Å²) >= 11 is 1.42. The molecule has 0 bridgehead atoms. The van der Waals surface area contributed by atoms with Gasteiger partial charge in [-0.05, 0) is 24.3 Å². The summed E-state index contributed by atoms with van der Waals surface area (Å²) in [5.74, 6) is 0.396. The maximum absolute atomic E-state index is 11.7. The molecular formula is C14H17N3O3S. The van der Waals surface area contributed by atoms with Gasteiger partial charge < -0.3 is 15.8 Å². The third kappa shape index (κ3) is 6.29. The van der Waals surface area contributed by atoms with E-state index in [1.54, 1.807) is 24.3 Å². The van der Waals surface area contributed by atoms with Crippen molar-refractivity contribution in [1.82, 2.24) is 0 Å². The second-order valence-electron chi connectivity index (χ2n) is 4.19. The van der Waals surface area contributed by atoms with Gasteiger partial charge in [0.2, 0.25) is 5.91 Å². The van der Waals surface area contributed by atoms with Gasteiger partial charge in [0.05, 0.1) is 18.7 Å². The van der Waals surface area contributed by atoms with Gasteiger partial charge in [-0.25, -0.2) is 0 Å². The van der Waals surface area contributed by atoms with E-state index >= 15 is 0 Å². The maximum atomic E-state index is 11.7. The number of esters is 1. The Balaban J connectivity index is 2.25. The number of carbonyl (C=O) groups is 2. The van der Waals surface area contributed by atoms with Gasteiger partial charge in [-0.1, -0.05) is 0 Å². The molecule has 1 amide bonds. The quantitative estimate of drug-likeness (QED) is 0.577. The topological polar surface area (TPSA) is 105 Å². The van der Waals surface area contributed by atoms with Crippen molar-refractivity contribution < 1.29 is 14.3 Å². The monoisotopic (exact) mass is 307 g/mol. The summed E-state index contributed by atoms with van der Waals surface area (Å²) in [6.45, 7) is 0. The lowest BCUT2D eigenvalue weighted by molar-refractivity contribution is -0.141. The van der Waals surface area contributed by atoms with E-state index in [-0.39, 0.29) is 5.91 Å². The number of nitrogens with two attached hydrogens (primary N) is 1. The number of nitrogens with zero attached hydrogens (tertiary/aromatic N) is 1. The normalized spacial score (nSPS) is 11.3. The van der Waals surface area contributed by atoms with Crippen molar-refractivity contribution in [2.24, 2.45) is 5.73 Å². The number of nitrogens with one attached hydrogen (secondary N) is 1. The number of thioether (sulfide) groups is 1. The minimum absolute atomic E-state index is 0.126. The molecule has 0 aliphatic rings. The van der Waals surface area contributed by atoms with Crippen LogP contribution in [-0.2, 0) is 14.3 Å². The van der Waals surface area contributed by atoms with Crippen LogP contribution < -0.4 is 11.1 Å². The molecule has 0 aliphatic heterocycles. The Labute approximate surface area is 127 Å². The van der Waals surface area contributed by atoms with E-state index in [1.807, 2.05) is 6.07 Å². The summed E-state index contributed by atoms with van der Waals surface area (Å²) in [6.07, 6.45) is 0.318. The number of carbonyl (C=O) groups excluding carboxylic acids is 2. The van der Waals surface area contributed by atoms with Gasteiger partial charge >= 0.3 is 5.97 Å². The average molecular weight is 307 g/mol. The van der Waals surface area contributed by atoms with Crippen molar-refractivity contribution in [2.45, 2.75) is 12.5 Å². The van der Waals surface area contributed by atoms with E-state index in [9.17, 15) is 9.59 Å². The minimum Gasteiger partial charge on any atom is -0.468 e. The van der Waals surface area contributed by atoms with Crippen LogP contribution in [0.15, 0.2) is 24.3 Å². The van der Waals surface area contributed by atoms with Crippen LogP contribution in [0.4, 0.5) is 5.69 Å². The van der Waals surface area contributed by atoms with Gasteiger partial charge in [0.1, 0.15) is 6.04 Å². The van der Waals surface area contributed by atoms with Crippen LogP contribution in [0.2, 0.25) is 0 Å². The van der Waals surface area contributed by atoms with E-state index in [2.05, 4.69) is 10.1 Å². The zero-order valence-corrected chi connectivity index (χ0v) is 12.5. The summed E-state index contributed by atoms with van der Waals surface area (Å²) < 4.78 is 4.51. The predicted octanol–water partition coefficient (Wildman–Crippen LogP) is 1.12. The molecule has 0 saturated carbocycles. The van der Waals surface area contributed by atoms with Gasteiger partial charge in [-0.2, -0.15) is 17.0 Å². The molecule has 0 aromatic heterocycles. The zero-order chi connectivity index (χ0) is 15.7. The first-order chi connectivity index (χ1) is 10.1. The van der Waals surface area contributed by atoms with Crippen molar-refractivity contribution in [3.05, 3.63) is 29.8 Å². The molecule has 112 valence electrons. The van der Waals surface area contributed by atoms with Gasteiger partial charge in [0.15, 0.2) is 0 Å². The van der Waals surface area contributed by atoms with Gasteiger partial charge in [0, 0.05) is 23.6 Å². The number of hydrogen-bond acceptors (Lipinski definition) is 6. The van der Waals surface area contributed by atoms with Crippen LogP contribution in [0.1, 0.15) is 12.0 Å². The number of amides is 1. The Hall–Kier alpha value is -2.04. The second-order valence-corrected chi connectivity index (χ2v) is 5.34. The van der Waals surface area contributed by atoms with Crippen molar-refractivity contribution in [1.29, 1.82) is 5.26 Å². The molecule has 0 heterocycles. The molecule has 1 aromatic carbocycles. The first kappa shape index (κ1) is 17.0. The molecule has 6 nitrogen and oxygen atoms in total. The fourth-order valence-electron chi connectivity index (χ4n) is 1.45. The van der Waals surface area contributed by atoms with Crippen molar-refractivity contribution in [2.75, 3.05) is 23.9 Å². The predicted molar refractivity (Wildman–Crippen MR) is 81.7 cm³/mol. The molecule has 3 N–H and O–H groups in total. The highest BCUT2D eigenvalue weighted by Gasteiger charge is 2.13. The van der Waals surface area contributed by atoms with Crippen LogP contribution in [0, 0.1) is 11.3 Å². The largest absolute Gasteiger partial charge is 0.468 e. The zero-order valence-electron chi connectivity index (χ0n) is 11.7. The molecule has 0 radical (unpaired) electrons. The first-order valence-electron chi connectivity index (χ1n) is 6.28. The molecule has 1 unspecified atom stereocenters. The Morgan fingerprint density at radius 2 is 2.10 bits per heavy atom. The Morgan fingerprint density at radius 1 is 1.43 bits per heavy atom. The summed E-state index contributed by atoms with van der Waals surface area (Å²) in [5, 5.41) is 11.4. The molecule has 0 aliphatic carbocycles. The van der Waals surface area contributed by atoms with Crippen molar-refractivity contribution in [3.63, 3.8) is 0 Å². The third-order valence-corrected chi connectivity index (χ3v) is 3.66. The lowest BCUT2D eigenvalue weighted by Crippen LogP contribution is -2.34. The fourth-order valence-corrected chi connectivity index (χ4v) is 2.33. The van der Waals surface area contributed by atoms with Crippen LogP contribution in [-0.4, -0.2) is 36.5 Å². The maximum Gasteiger partial charge on any atom is 0.323 e. The number of benzene rings is 1. The highest BCUT2D eigenvalue weighted by atomic mass is 32.2. The number of rotatable bonds is 7. The molecule has 0 spiro atoms. The summed E-state index contributed by atoms with van der Waals surface area (Å²) in [4.78, 5) is 22.8. The molecule has 7 heteroatoms. The number of nitriles is 1. The van der Waals surface area contributed by atoms with E-state index < -0.39 is 12.0 Å². The van der Waals surface area contributed by atoms with Gasteiger partial charge in [-0.15, -0.1) is 0 Å². The molecule has 1 atom stereocenters. The number of methoxy groups -OCH3 is 1. The van der Waals surface area contributed by atoms with E-state index in [0.29, 0.717) is 29.2 Å². The Kier molecular flexibility index (Phi) is 7.29. The molecule has 21 heavy (non-hydrogen) atoms. The van der Waals surface area contributed by atoms with Gasteiger partial charge in [0.25, 0.3) is 0 Å². The lowest BCUT2D eigenvalue weighted by Gasteiger charge is -2.08. The van der Waals surface area contributed by atoms with E-state index in [1.165, 1.54) is 18.9 Å². The fraction of sp³-hybridized carbons (Fsp3) is 0.357. The van der Waals surface area contributed by atoms with Crippen LogP contribution in [0.3, 0.4) is 0 Å². The standard InChI is InChI=1S/C14H17N3O3S/c1-20-14(19)12(16)9-21-7-6-13(18)17-11-4-2-10(8-15)3-5-11/h2-5,12H,6-7,9,16H2,1H3,(H,17,18). The summed E-state index contributed by atoms with van der Waals surface area (Å²) in [6, 6.07) is 7.97. The first-order valence-corrected chi connectivity index (χ1v) is 7.43. The Morgan fingerprint density at radius 3 is 2.67 bits per heavy atom. The third-order valence-electron chi connectivity index (χ3n) is 2.57. The number of hydrogen-bond donors (Lipinski definition) is 2. The molecule has 1 rings (SSSR count). The Bertz CT molecular complexity index is 525. The molecule has 1 aromatic rings. The summed E-state index contributed by atoms with van der Waals surface area (Å²) in [7, 11) is 1.29. The second kappa shape index (κ2) is 9.00. The number of anilines is 1. The molecule has 0 saturated heterocycles. The highest BCUT2D eigenvalue weighted by molar-refractivity contribution is 7.99. The van der Waals surface area contributed by atoms with Crippen molar-refractivity contribution >= 4 is 29.3 Å². The lowest BCUT2D eigenvalue weighted by atomic mass is 10.2. The van der Waals surface area contributed by atoms with Crippen LogP contribution >= 0.6 is 11.8 Å². The smallest absolute Gasteiger partial charge is 0.323 e. The van der Waals surface area contributed by atoms with Gasteiger partial charge in [-0.3, -0.25) is 9.59 Å². The van der Waals surface area contributed by atoms with E-state index in [0.717, 1.165) is 0 Å². The SMILES string of the molecule is COC(=O)C(N)CSCCC(=O)Nc1ccc(C#N)cc1. The number of ether oxygens (including phenoxy) is 1. The van der Waals surface area contributed by atoms with Crippen LogP contribution in [0.5, 0.6) is 0 Å². The average Bonchev–Trinajstić information content (AvgIpc) is 2.51. The van der Waals surface area contributed by atoms with Crippen LogP contribution in [0.25, 0.3) is 0 Å². The molecular weight excluding hydrogens is 290 g/mol. The molecule has 0 fully saturated rings.